The van der Waals surface area contributed by atoms with Crippen LogP contribution in [0.1, 0.15) is 49.1 Å². The summed E-state index contributed by atoms with van der Waals surface area (Å²) in [5, 5.41) is 0. The van der Waals surface area contributed by atoms with Crippen molar-refractivity contribution in [2.75, 3.05) is 0 Å². The summed E-state index contributed by atoms with van der Waals surface area (Å²) in [6.45, 7) is 3.82. The average Bonchev–Trinajstić information content (AvgIpc) is 2.53. The molecule has 112 valence electrons. The fraction of sp³-hybridized carbons (Fsp3) is 0.375. The van der Waals surface area contributed by atoms with Gasteiger partial charge in [-0.2, -0.15) is 0 Å². The molecule has 0 radical (unpaired) electrons. The molecule has 1 saturated carbocycles. The van der Waals surface area contributed by atoms with Gasteiger partial charge in [0.2, 0.25) is 0 Å². The summed E-state index contributed by atoms with van der Waals surface area (Å²) < 4.78 is 0. The Bertz CT molecular complexity index is 531. The van der Waals surface area contributed by atoms with E-state index >= 15 is 0 Å². The number of amides is 2. The molecule has 0 atom stereocenters. The summed E-state index contributed by atoms with van der Waals surface area (Å²) in [6.07, 6.45) is 6.47. The third-order valence-corrected chi connectivity index (χ3v) is 3.89. The fourth-order valence-corrected chi connectivity index (χ4v) is 2.66. The molecular formula is C16H21N3O2. The zero-order valence-corrected chi connectivity index (χ0v) is 12.0. The van der Waals surface area contributed by atoms with Gasteiger partial charge in [0.25, 0.3) is 0 Å². The maximum Gasteiger partial charge on any atom is 0.327 e. The number of hydrogen-bond acceptors (Lipinski definition) is 3. The first-order valence-electron chi connectivity index (χ1n) is 7.23. The molecule has 2 rings (SSSR count). The first kappa shape index (κ1) is 15.1. The highest BCUT2D eigenvalue weighted by molar-refractivity contribution is 6.34. The molecule has 0 unspecified atom stereocenters. The van der Waals surface area contributed by atoms with Gasteiger partial charge in [-0.05, 0) is 29.9 Å². The lowest BCUT2D eigenvalue weighted by atomic mass is 9.84. The van der Waals surface area contributed by atoms with Crippen LogP contribution in [0.4, 0.5) is 0 Å². The molecule has 0 bridgehead atoms. The van der Waals surface area contributed by atoms with E-state index in [0.717, 1.165) is 5.56 Å². The molecule has 5 heteroatoms. The van der Waals surface area contributed by atoms with E-state index in [4.69, 9.17) is 5.73 Å². The van der Waals surface area contributed by atoms with E-state index in [2.05, 4.69) is 29.6 Å². The van der Waals surface area contributed by atoms with E-state index in [-0.39, 0.29) is 0 Å². The Kier molecular flexibility index (Phi) is 4.98. The second-order valence-electron chi connectivity index (χ2n) is 5.38. The van der Waals surface area contributed by atoms with Crippen molar-refractivity contribution >= 4 is 17.5 Å². The number of primary amides is 1. The minimum Gasteiger partial charge on any atom is -0.361 e. The highest BCUT2D eigenvalue weighted by Gasteiger charge is 2.15. The van der Waals surface area contributed by atoms with Gasteiger partial charge in [-0.1, -0.05) is 50.1 Å². The van der Waals surface area contributed by atoms with Gasteiger partial charge in [-0.25, -0.2) is 0 Å². The van der Waals surface area contributed by atoms with E-state index in [9.17, 15) is 9.59 Å². The van der Waals surface area contributed by atoms with Crippen molar-refractivity contribution in [2.24, 2.45) is 5.73 Å². The van der Waals surface area contributed by atoms with Crippen LogP contribution in [0.2, 0.25) is 0 Å². The standard InChI is InChI=1S/C16H21N3O2/c1-11(18-19-16(21)15(17)20)12-7-9-14(10-8-12)13-5-3-2-4-6-13/h7-10,13,18H,1-6H2,(H2,17,20)(H,19,21). The van der Waals surface area contributed by atoms with Crippen LogP contribution in [0, 0.1) is 0 Å². The van der Waals surface area contributed by atoms with Gasteiger partial charge in [0.15, 0.2) is 0 Å². The van der Waals surface area contributed by atoms with Crippen LogP contribution in [0.3, 0.4) is 0 Å². The van der Waals surface area contributed by atoms with Crippen molar-refractivity contribution in [3.05, 3.63) is 42.0 Å². The highest BCUT2D eigenvalue weighted by Crippen LogP contribution is 2.32. The van der Waals surface area contributed by atoms with Crippen molar-refractivity contribution in [2.45, 2.75) is 38.0 Å². The largest absolute Gasteiger partial charge is 0.361 e. The van der Waals surface area contributed by atoms with E-state index in [1.54, 1.807) is 0 Å². The van der Waals surface area contributed by atoms with Crippen LogP contribution in [-0.2, 0) is 9.59 Å². The summed E-state index contributed by atoms with van der Waals surface area (Å²) in [5.41, 5.74) is 12.4. The second-order valence-corrected chi connectivity index (χ2v) is 5.38. The SMILES string of the molecule is C=C(NNC(=O)C(N)=O)c1ccc(C2CCCCC2)cc1. The summed E-state index contributed by atoms with van der Waals surface area (Å²) in [5.74, 6) is -1.28. The van der Waals surface area contributed by atoms with Gasteiger partial charge >= 0.3 is 11.8 Å². The number of hydrogen-bond donors (Lipinski definition) is 3. The Morgan fingerprint density at radius 1 is 1.05 bits per heavy atom. The van der Waals surface area contributed by atoms with Gasteiger partial charge in [0.05, 0.1) is 5.70 Å². The smallest absolute Gasteiger partial charge is 0.327 e. The molecule has 1 aliphatic rings. The molecule has 5 nitrogen and oxygen atoms in total. The van der Waals surface area contributed by atoms with Gasteiger partial charge < -0.3 is 5.73 Å². The summed E-state index contributed by atoms with van der Waals surface area (Å²) in [6, 6.07) is 8.15. The third-order valence-electron chi connectivity index (χ3n) is 3.89. The van der Waals surface area contributed by atoms with Crippen LogP contribution in [0.15, 0.2) is 30.8 Å². The first-order valence-corrected chi connectivity index (χ1v) is 7.23. The molecule has 1 fully saturated rings. The maximum atomic E-state index is 11.0. The van der Waals surface area contributed by atoms with Gasteiger partial charge in [0, 0.05) is 0 Å². The predicted octanol–water partition coefficient (Wildman–Crippen LogP) is 1.81. The van der Waals surface area contributed by atoms with Crippen LogP contribution in [-0.4, -0.2) is 11.8 Å². The van der Waals surface area contributed by atoms with Gasteiger partial charge in [-0.3, -0.25) is 20.4 Å². The van der Waals surface area contributed by atoms with Gasteiger partial charge in [-0.15, -0.1) is 0 Å². The lowest BCUT2D eigenvalue weighted by molar-refractivity contribution is -0.137. The number of nitrogens with one attached hydrogen (secondary N) is 2. The van der Waals surface area contributed by atoms with Crippen molar-refractivity contribution < 1.29 is 9.59 Å². The molecule has 0 saturated heterocycles. The van der Waals surface area contributed by atoms with E-state index < -0.39 is 11.8 Å². The van der Waals surface area contributed by atoms with Crippen LogP contribution in [0.25, 0.3) is 5.70 Å². The Balaban J connectivity index is 1.93. The second kappa shape index (κ2) is 6.92. The Hall–Kier alpha value is -2.30. The topological polar surface area (TPSA) is 84.2 Å². The molecular weight excluding hydrogens is 266 g/mol. The number of nitrogens with two attached hydrogens (primary N) is 1. The van der Waals surface area contributed by atoms with E-state index in [1.165, 1.54) is 37.7 Å². The quantitative estimate of drug-likeness (QED) is 0.583. The molecule has 21 heavy (non-hydrogen) atoms. The van der Waals surface area contributed by atoms with E-state index in [0.29, 0.717) is 11.6 Å². The van der Waals surface area contributed by atoms with Crippen LogP contribution >= 0.6 is 0 Å². The molecule has 0 aromatic heterocycles. The predicted molar refractivity (Wildman–Crippen MR) is 81.8 cm³/mol. The molecule has 0 heterocycles. The summed E-state index contributed by atoms with van der Waals surface area (Å²) in [7, 11) is 0. The monoisotopic (exact) mass is 287 g/mol. The summed E-state index contributed by atoms with van der Waals surface area (Å²) in [4.78, 5) is 21.7. The average molecular weight is 287 g/mol. The van der Waals surface area contributed by atoms with Crippen molar-refractivity contribution in [3.8, 4) is 0 Å². The van der Waals surface area contributed by atoms with Gasteiger partial charge in [0.1, 0.15) is 0 Å². The van der Waals surface area contributed by atoms with Crippen LogP contribution < -0.4 is 16.6 Å². The number of carbonyl (C=O) groups is 2. The zero-order chi connectivity index (χ0) is 15.2. The maximum absolute atomic E-state index is 11.0. The van der Waals surface area contributed by atoms with Crippen molar-refractivity contribution in [1.82, 2.24) is 10.9 Å². The highest BCUT2D eigenvalue weighted by atomic mass is 16.2. The molecule has 0 spiro atoms. The zero-order valence-electron chi connectivity index (χ0n) is 12.0. The van der Waals surface area contributed by atoms with E-state index in [1.807, 2.05) is 12.1 Å². The number of hydrazine groups is 1. The lowest BCUT2D eigenvalue weighted by Crippen LogP contribution is -2.43. The number of carbonyl (C=O) groups excluding carboxylic acids is 2. The van der Waals surface area contributed by atoms with Crippen molar-refractivity contribution in [3.63, 3.8) is 0 Å². The Morgan fingerprint density at radius 2 is 1.67 bits per heavy atom. The lowest BCUT2D eigenvalue weighted by Gasteiger charge is -2.22. The van der Waals surface area contributed by atoms with Crippen molar-refractivity contribution in [1.29, 1.82) is 0 Å². The Morgan fingerprint density at radius 3 is 2.24 bits per heavy atom. The number of benzene rings is 1. The fourth-order valence-electron chi connectivity index (χ4n) is 2.66. The molecule has 2 amide bonds. The number of rotatable bonds is 4. The minimum absolute atomic E-state index is 0.514. The first-order chi connectivity index (χ1) is 10.1. The molecule has 4 N–H and O–H groups in total. The molecule has 1 aromatic carbocycles. The normalized spacial score (nSPS) is 15.2. The minimum atomic E-state index is -1.04. The third kappa shape index (κ3) is 4.08. The molecule has 1 aromatic rings. The van der Waals surface area contributed by atoms with Crippen LogP contribution in [0.5, 0.6) is 0 Å². The summed E-state index contributed by atoms with van der Waals surface area (Å²) >= 11 is 0. The Labute approximate surface area is 124 Å². The molecule has 0 aliphatic heterocycles. The molecule has 1 aliphatic carbocycles.